The summed E-state index contributed by atoms with van der Waals surface area (Å²) in [6.45, 7) is 0.997. The maximum absolute atomic E-state index is 12.1. The van der Waals surface area contributed by atoms with Gasteiger partial charge in [-0.05, 0) is 26.7 Å². The molecule has 8 nitrogen and oxygen atoms in total. The Morgan fingerprint density at radius 2 is 2.30 bits per heavy atom. The third-order valence-corrected chi connectivity index (χ3v) is 5.97. The molecule has 23 heavy (non-hydrogen) atoms. The molecule has 1 aromatic heterocycles. The minimum absolute atomic E-state index is 0.260. The molecule has 0 radical (unpaired) electrons. The SMILES string of the molecule is CC(=O)O[C@@H]1C[C@@H](CO)O[C@H]1n1cc(/C(I)=C\I)c(=O)[nH]c1=O. The summed E-state index contributed by atoms with van der Waals surface area (Å²) < 4.78 is 14.3. The largest absolute Gasteiger partial charge is 0.458 e. The van der Waals surface area contributed by atoms with E-state index in [0.717, 1.165) is 0 Å². The van der Waals surface area contributed by atoms with E-state index in [1.807, 2.05) is 45.2 Å². The van der Waals surface area contributed by atoms with Gasteiger partial charge in [-0.25, -0.2) is 4.79 Å². The molecule has 2 N–H and O–H groups in total. The predicted octanol–water partition coefficient (Wildman–Crippen LogP) is 0.916. The number of aromatic nitrogens is 2. The smallest absolute Gasteiger partial charge is 0.330 e. The van der Waals surface area contributed by atoms with Crippen LogP contribution in [-0.4, -0.2) is 39.4 Å². The lowest BCUT2D eigenvalue weighted by atomic mass is 10.2. The lowest BCUT2D eigenvalue weighted by Gasteiger charge is -2.20. The normalized spacial score (nSPS) is 24.7. The highest BCUT2D eigenvalue weighted by molar-refractivity contribution is 14.1. The van der Waals surface area contributed by atoms with Crippen LogP contribution in [0.2, 0.25) is 0 Å². The van der Waals surface area contributed by atoms with Crippen molar-refractivity contribution >= 4 is 54.7 Å². The second-order valence-electron chi connectivity index (χ2n) is 4.88. The van der Waals surface area contributed by atoms with Gasteiger partial charge in [0, 0.05) is 23.1 Å². The molecule has 0 spiro atoms. The van der Waals surface area contributed by atoms with Gasteiger partial charge >= 0.3 is 11.7 Å². The Labute approximate surface area is 158 Å². The number of hydrogen-bond acceptors (Lipinski definition) is 6. The van der Waals surface area contributed by atoms with E-state index in [2.05, 4.69) is 4.98 Å². The van der Waals surface area contributed by atoms with Crippen molar-refractivity contribution in [2.45, 2.75) is 31.8 Å². The van der Waals surface area contributed by atoms with Crippen molar-refractivity contribution in [1.82, 2.24) is 9.55 Å². The number of aliphatic hydroxyl groups excluding tert-OH is 1. The van der Waals surface area contributed by atoms with Gasteiger partial charge in [0.1, 0.15) is 6.10 Å². The third kappa shape index (κ3) is 4.22. The van der Waals surface area contributed by atoms with Gasteiger partial charge in [0.05, 0.1) is 18.3 Å². The van der Waals surface area contributed by atoms with E-state index in [0.29, 0.717) is 9.14 Å². The number of nitrogens with zero attached hydrogens (tertiary/aromatic N) is 1. The topological polar surface area (TPSA) is 111 Å². The molecular weight excluding hydrogens is 534 g/mol. The van der Waals surface area contributed by atoms with Crippen molar-refractivity contribution in [3.63, 3.8) is 0 Å². The fourth-order valence-electron chi connectivity index (χ4n) is 2.30. The summed E-state index contributed by atoms with van der Waals surface area (Å²) in [6.07, 6.45) is -0.536. The van der Waals surface area contributed by atoms with Crippen molar-refractivity contribution in [3.05, 3.63) is 36.7 Å². The molecule has 1 aromatic rings. The second-order valence-corrected chi connectivity index (χ2v) is 6.67. The maximum Gasteiger partial charge on any atom is 0.330 e. The molecule has 0 saturated carbocycles. The van der Waals surface area contributed by atoms with E-state index in [9.17, 15) is 19.5 Å². The van der Waals surface area contributed by atoms with Crippen molar-refractivity contribution in [2.24, 2.45) is 0 Å². The highest BCUT2D eigenvalue weighted by Gasteiger charge is 2.39. The fourth-order valence-corrected chi connectivity index (χ4v) is 3.02. The number of hydrogen-bond donors (Lipinski definition) is 2. The van der Waals surface area contributed by atoms with Gasteiger partial charge in [0.2, 0.25) is 0 Å². The Morgan fingerprint density at radius 1 is 1.61 bits per heavy atom. The molecule has 0 aliphatic carbocycles. The lowest BCUT2D eigenvalue weighted by molar-refractivity contribution is -0.152. The predicted molar refractivity (Wildman–Crippen MR) is 98.5 cm³/mol. The zero-order valence-electron chi connectivity index (χ0n) is 12.0. The Bertz CT molecular complexity index is 741. The molecule has 0 amide bonds. The number of aliphatic hydroxyl groups is 1. The van der Waals surface area contributed by atoms with Crippen LogP contribution in [0, 0.1) is 0 Å². The summed E-state index contributed by atoms with van der Waals surface area (Å²) in [5, 5.41) is 9.25. The summed E-state index contributed by atoms with van der Waals surface area (Å²) in [6, 6.07) is 0. The zero-order chi connectivity index (χ0) is 17.1. The van der Waals surface area contributed by atoms with Crippen molar-refractivity contribution in [2.75, 3.05) is 6.61 Å². The molecule has 10 heteroatoms. The number of rotatable bonds is 4. The standard InChI is InChI=1S/C13H14I2N2O6/c1-6(19)22-10-2-7(5-18)23-12(10)17-4-8(9(15)3-14)11(20)16-13(17)21/h3-4,7,10,12,18H,2,5H2,1H3,(H,16,20,21)/b9-3+/t7-,10+,12+/m0/s1. The molecule has 2 heterocycles. The zero-order valence-corrected chi connectivity index (χ0v) is 16.3. The molecular formula is C13H14I2N2O6. The van der Waals surface area contributed by atoms with Crippen LogP contribution in [-0.2, 0) is 14.3 Å². The quantitative estimate of drug-likeness (QED) is 0.428. The van der Waals surface area contributed by atoms with Gasteiger partial charge in [-0.2, -0.15) is 0 Å². The van der Waals surface area contributed by atoms with Crippen LogP contribution in [0.15, 0.2) is 19.9 Å². The molecule has 1 aliphatic heterocycles. The van der Waals surface area contributed by atoms with Crippen LogP contribution in [0.3, 0.4) is 0 Å². The summed E-state index contributed by atoms with van der Waals surface area (Å²) in [5.41, 5.74) is -0.876. The minimum atomic E-state index is -0.905. The second kappa shape index (κ2) is 7.90. The van der Waals surface area contributed by atoms with E-state index in [1.54, 1.807) is 4.08 Å². The average molecular weight is 548 g/mol. The van der Waals surface area contributed by atoms with Gasteiger partial charge in [0.25, 0.3) is 5.56 Å². The van der Waals surface area contributed by atoms with Gasteiger partial charge in [-0.3, -0.25) is 19.1 Å². The number of ether oxygens (including phenoxy) is 2. The summed E-state index contributed by atoms with van der Waals surface area (Å²) in [5.74, 6) is -0.512. The number of nitrogens with one attached hydrogen (secondary N) is 1. The lowest BCUT2D eigenvalue weighted by Crippen LogP contribution is -2.37. The van der Waals surface area contributed by atoms with Crippen LogP contribution in [0.5, 0.6) is 0 Å². The van der Waals surface area contributed by atoms with Crippen LogP contribution < -0.4 is 11.2 Å². The van der Waals surface area contributed by atoms with Crippen molar-refractivity contribution in [3.8, 4) is 0 Å². The van der Waals surface area contributed by atoms with Crippen LogP contribution in [0.25, 0.3) is 3.58 Å². The first-order valence-corrected chi connectivity index (χ1v) is 8.95. The van der Waals surface area contributed by atoms with E-state index < -0.39 is 35.7 Å². The number of carbonyl (C=O) groups excluding carboxylic acids is 1. The number of carbonyl (C=O) groups is 1. The van der Waals surface area contributed by atoms with E-state index in [1.165, 1.54) is 17.7 Å². The van der Waals surface area contributed by atoms with Crippen LogP contribution in [0.1, 0.15) is 25.1 Å². The highest BCUT2D eigenvalue weighted by Crippen LogP contribution is 2.31. The molecule has 0 unspecified atom stereocenters. The highest BCUT2D eigenvalue weighted by atomic mass is 127. The van der Waals surface area contributed by atoms with E-state index >= 15 is 0 Å². The molecule has 126 valence electrons. The number of halogens is 2. The molecule has 0 aromatic carbocycles. The van der Waals surface area contributed by atoms with Gasteiger partial charge in [-0.15, -0.1) is 0 Å². The van der Waals surface area contributed by atoms with Crippen LogP contribution in [0.4, 0.5) is 0 Å². The summed E-state index contributed by atoms with van der Waals surface area (Å²) in [4.78, 5) is 37.5. The van der Waals surface area contributed by atoms with Gasteiger partial charge in [0.15, 0.2) is 6.23 Å². The number of H-pyrrole nitrogens is 1. The molecule has 2 rings (SSSR count). The van der Waals surface area contributed by atoms with Gasteiger partial charge in [-0.1, -0.05) is 22.6 Å². The average Bonchev–Trinajstić information content (AvgIpc) is 2.88. The summed E-state index contributed by atoms with van der Waals surface area (Å²) in [7, 11) is 0. The summed E-state index contributed by atoms with van der Waals surface area (Å²) >= 11 is 3.97. The molecule has 1 fully saturated rings. The van der Waals surface area contributed by atoms with E-state index in [4.69, 9.17) is 9.47 Å². The Morgan fingerprint density at radius 3 is 2.87 bits per heavy atom. The molecule has 1 aliphatic rings. The fraction of sp³-hybridized carbons (Fsp3) is 0.462. The van der Waals surface area contributed by atoms with E-state index in [-0.39, 0.29) is 13.0 Å². The first-order chi connectivity index (χ1) is 10.9. The number of esters is 1. The monoisotopic (exact) mass is 548 g/mol. The Hall–Kier alpha value is -0.730. The maximum atomic E-state index is 12.1. The Balaban J connectivity index is 2.48. The van der Waals surface area contributed by atoms with Crippen LogP contribution >= 0.6 is 45.2 Å². The van der Waals surface area contributed by atoms with Gasteiger partial charge < -0.3 is 14.6 Å². The Kier molecular flexibility index (Phi) is 6.39. The van der Waals surface area contributed by atoms with Crippen molar-refractivity contribution < 1.29 is 19.4 Å². The molecule has 3 atom stereocenters. The first kappa shape index (κ1) is 18.6. The minimum Gasteiger partial charge on any atom is -0.458 e. The molecule has 0 bridgehead atoms. The molecule has 1 saturated heterocycles. The number of aromatic amines is 1. The first-order valence-electron chi connectivity index (χ1n) is 6.62. The third-order valence-electron chi connectivity index (χ3n) is 3.26. The van der Waals surface area contributed by atoms with Crippen molar-refractivity contribution in [1.29, 1.82) is 0 Å².